The summed E-state index contributed by atoms with van der Waals surface area (Å²) in [5, 5.41) is 5.69. The first-order valence-corrected chi connectivity index (χ1v) is 8.25. The zero-order valence-corrected chi connectivity index (χ0v) is 14.6. The predicted octanol–water partition coefficient (Wildman–Crippen LogP) is 3.98. The van der Waals surface area contributed by atoms with Gasteiger partial charge in [-0.25, -0.2) is 4.79 Å². The number of benzene rings is 1. The SMILES string of the molecule is CC(C)(C)OC(=O)N1CC[C@@H](n2nc(Br)c3ccccc32)C1. The van der Waals surface area contributed by atoms with E-state index in [0.29, 0.717) is 13.1 Å². The zero-order valence-electron chi connectivity index (χ0n) is 13.0. The Kier molecular flexibility index (Phi) is 3.89. The molecular formula is C16H20BrN3O2. The number of fused-ring (bicyclic) bond motifs is 1. The molecule has 0 aliphatic carbocycles. The first-order chi connectivity index (χ1) is 10.3. The van der Waals surface area contributed by atoms with Gasteiger partial charge < -0.3 is 9.64 Å². The van der Waals surface area contributed by atoms with Gasteiger partial charge in [-0.1, -0.05) is 18.2 Å². The van der Waals surface area contributed by atoms with Gasteiger partial charge in [0.1, 0.15) is 10.2 Å². The van der Waals surface area contributed by atoms with Crippen LogP contribution in [0.2, 0.25) is 0 Å². The van der Waals surface area contributed by atoms with Crippen LogP contribution in [0.3, 0.4) is 0 Å². The molecule has 1 aliphatic heterocycles. The molecule has 0 saturated carbocycles. The van der Waals surface area contributed by atoms with E-state index in [1.807, 2.05) is 43.7 Å². The van der Waals surface area contributed by atoms with Crippen LogP contribution in [0, 0.1) is 0 Å². The number of ether oxygens (including phenoxy) is 1. The van der Waals surface area contributed by atoms with Crippen molar-refractivity contribution in [1.29, 1.82) is 0 Å². The Labute approximate surface area is 138 Å². The monoisotopic (exact) mass is 365 g/mol. The third-order valence-electron chi connectivity index (χ3n) is 3.73. The summed E-state index contributed by atoms with van der Waals surface area (Å²) < 4.78 is 8.31. The first-order valence-electron chi connectivity index (χ1n) is 7.46. The van der Waals surface area contributed by atoms with E-state index in [2.05, 4.69) is 27.1 Å². The van der Waals surface area contributed by atoms with Crippen molar-refractivity contribution in [3.05, 3.63) is 28.9 Å². The summed E-state index contributed by atoms with van der Waals surface area (Å²) >= 11 is 3.51. The standard InChI is InChI=1S/C16H20BrN3O2/c1-16(2,3)22-15(21)19-9-8-11(10-19)20-13-7-5-4-6-12(13)14(17)18-20/h4-7,11H,8-10H2,1-3H3/t11-/m1/s1. The van der Waals surface area contributed by atoms with E-state index in [1.54, 1.807) is 4.90 Å². The Morgan fingerprint density at radius 3 is 2.82 bits per heavy atom. The van der Waals surface area contributed by atoms with Gasteiger partial charge in [0.2, 0.25) is 0 Å². The van der Waals surface area contributed by atoms with E-state index < -0.39 is 5.60 Å². The van der Waals surface area contributed by atoms with Crippen molar-refractivity contribution >= 4 is 32.9 Å². The average molecular weight is 366 g/mol. The maximum absolute atomic E-state index is 12.2. The largest absolute Gasteiger partial charge is 0.444 e. The summed E-state index contributed by atoms with van der Waals surface area (Å²) in [6, 6.07) is 8.30. The molecule has 0 unspecified atom stereocenters. The average Bonchev–Trinajstić information content (AvgIpc) is 3.03. The minimum atomic E-state index is -0.462. The van der Waals surface area contributed by atoms with Crippen LogP contribution in [-0.4, -0.2) is 39.5 Å². The highest BCUT2D eigenvalue weighted by atomic mass is 79.9. The molecular weight excluding hydrogens is 346 g/mol. The molecule has 1 saturated heterocycles. The van der Waals surface area contributed by atoms with Gasteiger partial charge in [-0.2, -0.15) is 5.10 Å². The van der Waals surface area contributed by atoms with Crippen LogP contribution in [0.15, 0.2) is 28.9 Å². The second-order valence-corrected chi connectivity index (χ2v) is 7.37. The molecule has 0 spiro atoms. The van der Waals surface area contributed by atoms with E-state index in [1.165, 1.54) is 0 Å². The van der Waals surface area contributed by atoms with Crippen LogP contribution < -0.4 is 0 Å². The molecule has 1 aromatic heterocycles. The van der Waals surface area contributed by atoms with Crippen LogP contribution in [0.25, 0.3) is 10.9 Å². The summed E-state index contributed by atoms with van der Waals surface area (Å²) in [6.45, 7) is 6.99. The minimum absolute atomic E-state index is 0.184. The second-order valence-electron chi connectivity index (χ2n) is 6.62. The van der Waals surface area contributed by atoms with Crippen molar-refractivity contribution in [1.82, 2.24) is 14.7 Å². The normalized spacial score (nSPS) is 18.9. The number of rotatable bonds is 1. The molecule has 0 N–H and O–H groups in total. The highest BCUT2D eigenvalue weighted by Crippen LogP contribution is 2.30. The van der Waals surface area contributed by atoms with Crippen molar-refractivity contribution in [3.63, 3.8) is 0 Å². The number of likely N-dealkylation sites (tertiary alicyclic amines) is 1. The molecule has 2 aromatic rings. The fourth-order valence-electron chi connectivity index (χ4n) is 2.76. The third kappa shape index (κ3) is 2.97. The van der Waals surface area contributed by atoms with Gasteiger partial charge in [0, 0.05) is 18.5 Å². The lowest BCUT2D eigenvalue weighted by Crippen LogP contribution is -2.35. The van der Waals surface area contributed by atoms with Gasteiger partial charge in [-0.3, -0.25) is 4.68 Å². The Balaban J connectivity index is 1.79. The van der Waals surface area contributed by atoms with E-state index in [-0.39, 0.29) is 12.1 Å². The maximum atomic E-state index is 12.2. The van der Waals surface area contributed by atoms with Gasteiger partial charge >= 0.3 is 6.09 Å². The molecule has 2 heterocycles. The van der Waals surface area contributed by atoms with E-state index in [4.69, 9.17) is 4.74 Å². The van der Waals surface area contributed by atoms with Crippen LogP contribution in [0.5, 0.6) is 0 Å². The van der Waals surface area contributed by atoms with Gasteiger partial charge in [-0.05, 0) is 49.2 Å². The van der Waals surface area contributed by atoms with E-state index in [0.717, 1.165) is 21.9 Å². The Bertz CT molecular complexity index is 705. The molecule has 1 amide bonds. The fraction of sp³-hybridized carbons (Fsp3) is 0.500. The lowest BCUT2D eigenvalue weighted by molar-refractivity contribution is 0.0288. The maximum Gasteiger partial charge on any atom is 0.410 e. The number of nitrogens with zero attached hydrogens (tertiary/aromatic N) is 3. The summed E-state index contributed by atoms with van der Waals surface area (Å²) in [6.07, 6.45) is 0.641. The molecule has 1 fully saturated rings. The molecule has 1 aliphatic rings. The van der Waals surface area contributed by atoms with Gasteiger partial charge in [-0.15, -0.1) is 0 Å². The van der Waals surface area contributed by atoms with Crippen LogP contribution in [-0.2, 0) is 4.74 Å². The highest BCUT2D eigenvalue weighted by molar-refractivity contribution is 9.10. The number of aromatic nitrogens is 2. The summed E-state index contributed by atoms with van der Waals surface area (Å²) in [5.41, 5.74) is 0.627. The fourth-order valence-corrected chi connectivity index (χ4v) is 3.27. The topological polar surface area (TPSA) is 47.4 Å². The highest BCUT2D eigenvalue weighted by Gasteiger charge is 2.31. The summed E-state index contributed by atoms with van der Waals surface area (Å²) in [7, 11) is 0. The van der Waals surface area contributed by atoms with Crippen molar-refractivity contribution in [2.75, 3.05) is 13.1 Å². The Morgan fingerprint density at radius 1 is 1.36 bits per heavy atom. The molecule has 118 valence electrons. The molecule has 1 aromatic carbocycles. The molecule has 0 radical (unpaired) electrons. The number of amides is 1. The molecule has 0 bridgehead atoms. The van der Waals surface area contributed by atoms with Crippen LogP contribution in [0.1, 0.15) is 33.2 Å². The molecule has 5 nitrogen and oxygen atoms in total. The third-order valence-corrected chi connectivity index (χ3v) is 4.32. The number of carbonyl (C=O) groups excluding carboxylic acids is 1. The molecule has 22 heavy (non-hydrogen) atoms. The smallest absolute Gasteiger partial charge is 0.410 e. The van der Waals surface area contributed by atoms with Gasteiger partial charge in [0.05, 0.1) is 11.6 Å². The number of para-hydroxylation sites is 1. The number of hydrogen-bond donors (Lipinski definition) is 0. The number of hydrogen-bond acceptors (Lipinski definition) is 3. The first kappa shape index (κ1) is 15.3. The van der Waals surface area contributed by atoms with Crippen LogP contribution in [0.4, 0.5) is 4.79 Å². The Hall–Kier alpha value is -1.56. The second kappa shape index (κ2) is 5.57. The van der Waals surface area contributed by atoms with Gasteiger partial charge in [0.15, 0.2) is 0 Å². The number of carbonyl (C=O) groups is 1. The van der Waals surface area contributed by atoms with Gasteiger partial charge in [0.25, 0.3) is 0 Å². The van der Waals surface area contributed by atoms with Crippen LogP contribution >= 0.6 is 15.9 Å². The summed E-state index contributed by atoms with van der Waals surface area (Å²) in [4.78, 5) is 13.9. The number of halogens is 1. The van der Waals surface area contributed by atoms with Crippen molar-refractivity contribution in [3.8, 4) is 0 Å². The minimum Gasteiger partial charge on any atom is -0.444 e. The Morgan fingerprint density at radius 2 is 2.09 bits per heavy atom. The quantitative estimate of drug-likeness (QED) is 0.767. The summed E-state index contributed by atoms with van der Waals surface area (Å²) in [5.74, 6) is 0. The van der Waals surface area contributed by atoms with Crippen molar-refractivity contribution < 1.29 is 9.53 Å². The lowest BCUT2D eigenvalue weighted by Gasteiger charge is -2.24. The van der Waals surface area contributed by atoms with Crippen molar-refractivity contribution in [2.45, 2.75) is 38.8 Å². The molecule has 1 atom stereocenters. The predicted molar refractivity (Wildman–Crippen MR) is 88.9 cm³/mol. The van der Waals surface area contributed by atoms with E-state index >= 15 is 0 Å². The zero-order chi connectivity index (χ0) is 15.9. The van der Waals surface area contributed by atoms with E-state index in [9.17, 15) is 4.79 Å². The lowest BCUT2D eigenvalue weighted by atomic mass is 10.2. The molecule has 6 heteroatoms. The van der Waals surface area contributed by atoms with Crippen molar-refractivity contribution in [2.24, 2.45) is 0 Å². The molecule has 3 rings (SSSR count).